The first kappa shape index (κ1) is 16.7. The van der Waals surface area contributed by atoms with Crippen molar-refractivity contribution >= 4 is 34.8 Å². The van der Waals surface area contributed by atoms with E-state index in [4.69, 9.17) is 23.2 Å². The van der Waals surface area contributed by atoms with E-state index < -0.39 is 10.8 Å². The van der Waals surface area contributed by atoms with Crippen molar-refractivity contribution in [3.63, 3.8) is 0 Å². The molecule has 1 N–H and O–H groups in total. The molecule has 1 aromatic rings. The van der Waals surface area contributed by atoms with Gasteiger partial charge in [-0.05, 0) is 11.8 Å². The quantitative estimate of drug-likeness (QED) is 0.660. The Bertz CT molecular complexity index is 533. The van der Waals surface area contributed by atoms with Crippen molar-refractivity contribution in [2.24, 2.45) is 11.8 Å². The monoisotopic (exact) mass is 318 g/mol. The Hall–Kier alpha value is -1.33. The van der Waals surface area contributed by atoms with Gasteiger partial charge in [-0.1, -0.05) is 44.0 Å². The summed E-state index contributed by atoms with van der Waals surface area (Å²) in [5.41, 5.74) is -0.247. The van der Waals surface area contributed by atoms with E-state index in [1.54, 1.807) is 0 Å². The highest BCUT2D eigenvalue weighted by Crippen LogP contribution is 2.30. The zero-order valence-electron chi connectivity index (χ0n) is 11.4. The van der Waals surface area contributed by atoms with Crippen LogP contribution in [0, 0.1) is 22.0 Å². The number of nitro groups is 1. The van der Waals surface area contributed by atoms with Crippen LogP contribution in [0.15, 0.2) is 12.1 Å². The van der Waals surface area contributed by atoms with Crippen molar-refractivity contribution in [1.29, 1.82) is 0 Å². The summed E-state index contributed by atoms with van der Waals surface area (Å²) in [6, 6.07) is 2.25. The molecule has 1 atom stereocenters. The van der Waals surface area contributed by atoms with Crippen LogP contribution in [0.2, 0.25) is 10.0 Å². The van der Waals surface area contributed by atoms with Crippen molar-refractivity contribution in [3.8, 4) is 0 Å². The molecule has 0 saturated heterocycles. The highest BCUT2D eigenvalue weighted by Gasteiger charge is 2.20. The minimum atomic E-state index is -0.615. The van der Waals surface area contributed by atoms with E-state index >= 15 is 0 Å². The van der Waals surface area contributed by atoms with Gasteiger partial charge in [0.2, 0.25) is 0 Å². The fraction of sp³-hybridized carbons (Fsp3) is 0.462. The van der Waals surface area contributed by atoms with E-state index in [0.717, 1.165) is 12.1 Å². The van der Waals surface area contributed by atoms with Gasteiger partial charge in [-0.25, -0.2) is 0 Å². The molecule has 0 aliphatic heterocycles. The van der Waals surface area contributed by atoms with Crippen LogP contribution in [-0.2, 0) is 0 Å². The molecule has 0 radical (unpaired) electrons. The summed E-state index contributed by atoms with van der Waals surface area (Å²) in [4.78, 5) is 22.2. The summed E-state index contributed by atoms with van der Waals surface area (Å²) in [5, 5.41) is 13.5. The zero-order chi connectivity index (χ0) is 15.4. The fourth-order valence-corrected chi connectivity index (χ4v) is 1.84. The van der Waals surface area contributed by atoms with Crippen molar-refractivity contribution in [1.82, 2.24) is 5.32 Å². The first-order valence-corrected chi connectivity index (χ1v) is 6.91. The number of carbonyl (C=O) groups is 1. The molecule has 0 saturated carbocycles. The maximum atomic E-state index is 12.0. The van der Waals surface area contributed by atoms with Crippen LogP contribution in [0.1, 0.15) is 31.1 Å². The van der Waals surface area contributed by atoms with E-state index in [1.807, 2.05) is 20.8 Å². The molecular weight excluding hydrogens is 303 g/mol. The molecule has 0 heterocycles. The van der Waals surface area contributed by atoms with Crippen LogP contribution in [0.3, 0.4) is 0 Å². The summed E-state index contributed by atoms with van der Waals surface area (Å²) in [6.45, 7) is 6.57. The molecular formula is C13H16Cl2N2O3. The Labute approximate surface area is 127 Å². The molecule has 0 fully saturated rings. The third-order valence-electron chi connectivity index (χ3n) is 3.19. The van der Waals surface area contributed by atoms with Gasteiger partial charge in [-0.3, -0.25) is 14.9 Å². The van der Waals surface area contributed by atoms with Gasteiger partial charge >= 0.3 is 0 Å². The topological polar surface area (TPSA) is 72.2 Å². The average Bonchev–Trinajstić information content (AvgIpc) is 2.37. The van der Waals surface area contributed by atoms with Crippen LogP contribution in [0.25, 0.3) is 0 Å². The first-order chi connectivity index (χ1) is 9.23. The van der Waals surface area contributed by atoms with Crippen LogP contribution in [0.4, 0.5) is 5.69 Å². The Kier molecular flexibility index (Phi) is 5.77. The lowest BCUT2D eigenvalue weighted by Gasteiger charge is -2.16. The number of hydrogen-bond donors (Lipinski definition) is 1. The normalized spacial score (nSPS) is 12.3. The molecule has 0 aliphatic rings. The number of nitrogens with one attached hydrogen (secondary N) is 1. The lowest BCUT2D eigenvalue weighted by molar-refractivity contribution is -0.384. The lowest BCUT2D eigenvalue weighted by Crippen LogP contribution is -2.30. The highest BCUT2D eigenvalue weighted by atomic mass is 35.5. The largest absolute Gasteiger partial charge is 0.352 e. The lowest BCUT2D eigenvalue weighted by atomic mass is 9.98. The smallest absolute Gasteiger partial charge is 0.271 e. The van der Waals surface area contributed by atoms with E-state index in [1.165, 1.54) is 0 Å². The van der Waals surface area contributed by atoms with Gasteiger partial charge < -0.3 is 5.32 Å². The molecule has 5 nitrogen and oxygen atoms in total. The third kappa shape index (κ3) is 4.08. The Morgan fingerprint density at radius 2 is 1.95 bits per heavy atom. The summed E-state index contributed by atoms with van der Waals surface area (Å²) < 4.78 is 0. The van der Waals surface area contributed by atoms with Gasteiger partial charge in [0.1, 0.15) is 0 Å². The van der Waals surface area contributed by atoms with Crippen LogP contribution < -0.4 is 5.32 Å². The summed E-state index contributed by atoms with van der Waals surface area (Å²) >= 11 is 11.7. The second-order valence-electron chi connectivity index (χ2n) is 4.98. The van der Waals surface area contributed by atoms with Crippen LogP contribution in [0.5, 0.6) is 0 Å². The minimum Gasteiger partial charge on any atom is -0.352 e. The first-order valence-electron chi connectivity index (χ1n) is 6.15. The average molecular weight is 319 g/mol. The van der Waals surface area contributed by atoms with E-state index in [0.29, 0.717) is 12.5 Å². The molecule has 0 aliphatic carbocycles. The van der Waals surface area contributed by atoms with Gasteiger partial charge in [-0.2, -0.15) is 0 Å². The number of amides is 1. The third-order valence-corrected chi connectivity index (χ3v) is 3.99. The maximum absolute atomic E-state index is 12.0. The maximum Gasteiger partial charge on any atom is 0.271 e. The second kappa shape index (κ2) is 6.90. The Balaban J connectivity index is 2.95. The van der Waals surface area contributed by atoms with Gasteiger partial charge in [0, 0.05) is 18.7 Å². The van der Waals surface area contributed by atoms with Gasteiger partial charge in [0.15, 0.2) is 0 Å². The number of nitrogens with zero attached hydrogens (tertiary/aromatic N) is 1. The summed E-state index contributed by atoms with van der Waals surface area (Å²) in [6.07, 6.45) is 0. The molecule has 0 spiro atoms. The van der Waals surface area contributed by atoms with E-state index in [2.05, 4.69) is 5.32 Å². The van der Waals surface area contributed by atoms with Crippen LogP contribution in [-0.4, -0.2) is 17.4 Å². The van der Waals surface area contributed by atoms with Crippen molar-refractivity contribution in [3.05, 3.63) is 37.9 Å². The SMILES string of the molecule is CC(C)C(C)CNC(=O)c1cc([N+](=O)[O-])cc(Cl)c1Cl. The number of nitro benzene ring substituents is 1. The summed E-state index contributed by atoms with van der Waals surface area (Å²) in [7, 11) is 0. The van der Waals surface area contributed by atoms with Crippen molar-refractivity contribution < 1.29 is 9.72 Å². The number of halogens is 2. The number of benzene rings is 1. The predicted octanol–water partition coefficient (Wildman–Crippen LogP) is 3.92. The molecule has 0 bridgehead atoms. The van der Waals surface area contributed by atoms with Crippen molar-refractivity contribution in [2.45, 2.75) is 20.8 Å². The van der Waals surface area contributed by atoms with Crippen LogP contribution >= 0.6 is 23.2 Å². The second-order valence-corrected chi connectivity index (χ2v) is 5.76. The number of rotatable bonds is 5. The minimum absolute atomic E-state index is 0.0112. The van der Waals surface area contributed by atoms with Gasteiger partial charge in [0.05, 0.1) is 20.5 Å². The number of hydrogen-bond acceptors (Lipinski definition) is 3. The van der Waals surface area contributed by atoms with E-state index in [-0.39, 0.29) is 27.2 Å². The number of non-ortho nitro benzene ring substituents is 1. The molecule has 1 aromatic carbocycles. The molecule has 0 aromatic heterocycles. The van der Waals surface area contributed by atoms with Gasteiger partial charge in [-0.15, -0.1) is 0 Å². The highest BCUT2D eigenvalue weighted by molar-refractivity contribution is 6.44. The number of carbonyl (C=O) groups excluding carboxylic acids is 1. The van der Waals surface area contributed by atoms with E-state index in [9.17, 15) is 14.9 Å². The molecule has 1 unspecified atom stereocenters. The molecule has 1 amide bonds. The molecule has 7 heteroatoms. The van der Waals surface area contributed by atoms with Gasteiger partial charge in [0.25, 0.3) is 11.6 Å². The Morgan fingerprint density at radius 1 is 1.35 bits per heavy atom. The molecule has 20 heavy (non-hydrogen) atoms. The standard InChI is InChI=1S/C13H16Cl2N2O3/c1-7(2)8(3)6-16-13(18)10-4-9(17(19)20)5-11(14)12(10)15/h4-5,7-8H,6H2,1-3H3,(H,16,18). The van der Waals surface area contributed by atoms with Crippen molar-refractivity contribution in [2.75, 3.05) is 6.54 Å². The summed E-state index contributed by atoms with van der Waals surface area (Å²) in [5.74, 6) is 0.236. The molecule has 110 valence electrons. The Morgan fingerprint density at radius 3 is 2.45 bits per heavy atom. The zero-order valence-corrected chi connectivity index (χ0v) is 13.0. The fourth-order valence-electron chi connectivity index (χ4n) is 1.43. The predicted molar refractivity (Wildman–Crippen MR) is 79.5 cm³/mol. The molecule has 1 rings (SSSR count).